The number of benzene rings is 1. The highest BCUT2D eigenvalue weighted by molar-refractivity contribution is 5.74. The Balaban J connectivity index is 2.74. The molecule has 1 rings (SSSR count). The molecule has 0 aliphatic heterocycles. The van der Waals surface area contributed by atoms with Gasteiger partial charge in [0.25, 0.3) is 0 Å². The first-order valence-electron chi connectivity index (χ1n) is 7.22. The molecule has 1 aromatic rings. The molecule has 1 unspecified atom stereocenters. The summed E-state index contributed by atoms with van der Waals surface area (Å²) in [6.45, 7) is 9.73. The van der Waals surface area contributed by atoms with Gasteiger partial charge < -0.3 is 14.8 Å². The van der Waals surface area contributed by atoms with E-state index in [0.717, 1.165) is 30.8 Å². The second kappa shape index (κ2) is 8.59. The summed E-state index contributed by atoms with van der Waals surface area (Å²) in [6, 6.07) is 5.97. The van der Waals surface area contributed by atoms with Crippen LogP contribution in [0.3, 0.4) is 0 Å². The minimum absolute atomic E-state index is 0.333. The zero-order valence-corrected chi connectivity index (χ0v) is 12.9. The molecule has 4 heteroatoms. The second-order valence-electron chi connectivity index (χ2n) is 4.80. The van der Waals surface area contributed by atoms with Crippen LogP contribution in [-0.4, -0.2) is 25.2 Å². The molecule has 1 atom stereocenters. The van der Waals surface area contributed by atoms with Crippen LogP contribution in [0.1, 0.15) is 38.3 Å². The Labute approximate surface area is 121 Å². The molecule has 0 saturated carbocycles. The van der Waals surface area contributed by atoms with Crippen LogP contribution in [0.15, 0.2) is 18.2 Å². The van der Waals surface area contributed by atoms with Crippen molar-refractivity contribution >= 4 is 5.97 Å². The highest BCUT2D eigenvalue weighted by Crippen LogP contribution is 2.21. The van der Waals surface area contributed by atoms with E-state index < -0.39 is 6.10 Å². The topological polar surface area (TPSA) is 47.6 Å². The van der Waals surface area contributed by atoms with Gasteiger partial charge in [-0.2, -0.15) is 0 Å². The summed E-state index contributed by atoms with van der Waals surface area (Å²) in [4.78, 5) is 11.6. The van der Waals surface area contributed by atoms with Crippen LogP contribution in [0.4, 0.5) is 0 Å². The van der Waals surface area contributed by atoms with E-state index >= 15 is 0 Å². The lowest BCUT2D eigenvalue weighted by atomic mass is 10.1. The van der Waals surface area contributed by atoms with Crippen molar-refractivity contribution in [1.29, 1.82) is 0 Å². The maximum absolute atomic E-state index is 11.6. The van der Waals surface area contributed by atoms with Crippen molar-refractivity contribution in [2.75, 3.05) is 13.2 Å². The quantitative estimate of drug-likeness (QED) is 0.587. The van der Waals surface area contributed by atoms with Gasteiger partial charge in [0.1, 0.15) is 5.75 Å². The predicted octanol–water partition coefficient (Wildman–Crippen LogP) is 2.83. The smallest absolute Gasteiger partial charge is 0.347 e. The van der Waals surface area contributed by atoms with E-state index in [-0.39, 0.29) is 5.97 Å². The lowest BCUT2D eigenvalue weighted by molar-refractivity contribution is -0.150. The number of hydrogen-bond donors (Lipinski definition) is 1. The van der Waals surface area contributed by atoms with Gasteiger partial charge in [-0.3, -0.25) is 0 Å². The lowest BCUT2D eigenvalue weighted by Gasteiger charge is -2.17. The molecule has 20 heavy (non-hydrogen) atoms. The van der Waals surface area contributed by atoms with Crippen LogP contribution in [0, 0.1) is 6.92 Å². The minimum Gasteiger partial charge on any atom is -0.479 e. The first-order valence-corrected chi connectivity index (χ1v) is 7.22. The molecule has 0 heterocycles. The number of esters is 1. The molecule has 0 aromatic heterocycles. The fourth-order valence-electron chi connectivity index (χ4n) is 1.86. The monoisotopic (exact) mass is 279 g/mol. The zero-order chi connectivity index (χ0) is 15.0. The van der Waals surface area contributed by atoms with E-state index in [4.69, 9.17) is 9.47 Å². The molecule has 0 spiro atoms. The third-order valence-electron chi connectivity index (χ3n) is 2.88. The van der Waals surface area contributed by atoms with E-state index in [1.54, 1.807) is 13.8 Å². The molecular weight excluding hydrogens is 254 g/mol. The van der Waals surface area contributed by atoms with Crippen molar-refractivity contribution in [1.82, 2.24) is 5.32 Å². The molecule has 112 valence electrons. The second-order valence-corrected chi connectivity index (χ2v) is 4.80. The third kappa shape index (κ3) is 5.21. The molecule has 0 bridgehead atoms. The standard InChI is InChI=1S/C16H25NO3/c1-5-9-17-11-14-10-12(3)7-8-15(14)20-13(4)16(18)19-6-2/h7-8,10,13,17H,5-6,9,11H2,1-4H3. The van der Waals surface area contributed by atoms with Crippen molar-refractivity contribution < 1.29 is 14.3 Å². The van der Waals surface area contributed by atoms with E-state index in [9.17, 15) is 4.79 Å². The molecule has 1 N–H and O–H groups in total. The third-order valence-corrected chi connectivity index (χ3v) is 2.88. The number of aryl methyl sites for hydroxylation is 1. The lowest BCUT2D eigenvalue weighted by Crippen LogP contribution is -2.27. The highest BCUT2D eigenvalue weighted by atomic mass is 16.6. The van der Waals surface area contributed by atoms with Gasteiger partial charge in [0.05, 0.1) is 6.61 Å². The summed E-state index contributed by atoms with van der Waals surface area (Å²) in [5.41, 5.74) is 2.24. The van der Waals surface area contributed by atoms with Crippen LogP contribution >= 0.6 is 0 Å². The van der Waals surface area contributed by atoms with Gasteiger partial charge in [-0.15, -0.1) is 0 Å². The molecule has 0 amide bonds. The molecule has 0 fully saturated rings. The Morgan fingerprint density at radius 2 is 2.10 bits per heavy atom. The molecular formula is C16H25NO3. The Morgan fingerprint density at radius 1 is 1.35 bits per heavy atom. The molecule has 0 saturated heterocycles. The SMILES string of the molecule is CCCNCc1cc(C)ccc1OC(C)C(=O)OCC. The molecule has 4 nitrogen and oxygen atoms in total. The summed E-state index contributed by atoms with van der Waals surface area (Å²) < 4.78 is 10.7. The van der Waals surface area contributed by atoms with Gasteiger partial charge in [-0.05, 0) is 39.8 Å². The Bertz CT molecular complexity index is 432. The normalized spacial score (nSPS) is 12.0. The van der Waals surface area contributed by atoms with Gasteiger partial charge in [-0.25, -0.2) is 4.79 Å². The maximum atomic E-state index is 11.6. The van der Waals surface area contributed by atoms with Gasteiger partial charge >= 0.3 is 5.97 Å². The average Bonchev–Trinajstić information content (AvgIpc) is 2.42. The van der Waals surface area contributed by atoms with E-state index in [1.165, 1.54) is 5.56 Å². The summed E-state index contributed by atoms with van der Waals surface area (Å²) in [6.07, 6.45) is 0.490. The number of nitrogens with one attached hydrogen (secondary N) is 1. The predicted molar refractivity (Wildman–Crippen MR) is 79.9 cm³/mol. The number of rotatable bonds is 8. The van der Waals surface area contributed by atoms with E-state index in [2.05, 4.69) is 18.3 Å². The number of ether oxygens (including phenoxy) is 2. The van der Waals surface area contributed by atoms with Gasteiger partial charge in [0.2, 0.25) is 0 Å². The first-order chi connectivity index (χ1) is 9.58. The molecule has 0 aliphatic rings. The van der Waals surface area contributed by atoms with Crippen LogP contribution in [0.25, 0.3) is 0 Å². The van der Waals surface area contributed by atoms with Crippen LogP contribution in [0.2, 0.25) is 0 Å². The van der Waals surface area contributed by atoms with Gasteiger partial charge in [-0.1, -0.05) is 24.6 Å². The summed E-state index contributed by atoms with van der Waals surface area (Å²) in [5, 5.41) is 3.35. The van der Waals surface area contributed by atoms with Crippen molar-refractivity contribution in [3.05, 3.63) is 29.3 Å². The fraction of sp³-hybridized carbons (Fsp3) is 0.562. The largest absolute Gasteiger partial charge is 0.479 e. The van der Waals surface area contributed by atoms with Crippen molar-refractivity contribution in [3.63, 3.8) is 0 Å². The van der Waals surface area contributed by atoms with Crippen molar-refractivity contribution in [2.45, 2.75) is 46.8 Å². The number of carbonyl (C=O) groups is 1. The first kappa shape index (κ1) is 16.5. The maximum Gasteiger partial charge on any atom is 0.347 e. The van der Waals surface area contributed by atoms with Gasteiger partial charge in [0.15, 0.2) is 6.10 Å². The van der Waals surface area contributed by atoms with Crippen molar-refractivity contribution in [2.24, 2.45) is 0 Å². The zero-order valence-electron chi connectivity index (χ0n) is 12.9. The summed E-state index contributed by atoms with van der Waals surface area (Å²) in [7, 11) is 0. The molecule has 1 aromatic carbocycles. The fourth-order valence-corrected chi connectivity index (χ4v) is 1.86. The van der Waals surface area contributed by atoms with E-state index in [0.29, 0.717) is 6.61 Å². The van der Waals surface area contributed by atoms with E-state index in [1.807, 2.05) is 19.1 Å². The molecule has 0 aliphatic carbocycles. The summed E-state index contributed by atoms with van der Waals surface area (Å²) in [5.74, 6) is 0.403. The Morgan fingerprint density at radius 3 is 2.75 bits per heavy atom. The average molecular weight is 279 g/mol. The summed E-state index contributed by atoms with van der Waals surface area (Å²) >= 11 is 0. The Hall–Kier alpha value is -1.55. The molecule has 0 radical (unpaired) electrons. The minimum atomic E-state index is -0.595. The van der Waals surface area contributed by atoms with Crippen LogP contribution in [-0.2, 0) is 16.1 Å². The van der Waals surface area contributed by atoms with Crippen molar-refractivity contribution in [3.8, 4) is 5.75 Å². The Kier molecular flexibility index (Phi) is 7.09. The van der Waals surface area contributed by atoms with Gasteiger partial charge in [0, 0.05) is 12.1 Å². The highest BCUT2D eigenvalue weighted by Gasteiger charge is 2.17. The number of carbonyl (C=O) groups excluding carboxylic acids is 1. The number of hydrogen-bond acceptors (Lipinski definition) is 4. The van der Waals surface area contributed by atoms with Crippen LogP contribution < -0.4 is 10.1 Å². The van der Waals surface area contributed by atoms with Crippen LogP contribution in [0.5, 0.6) is 5.75 Å².